The highest BCUT2D eigenvalue weighted by Gasteiger charge is 2.47. The molecule has 2 saturated heterocycles. The van der Waals surface area contributed by atoms with Crippen LogP contribution in [0.25, 0.3) is 33.5 Å². The third-order valence-corrected chi connectivity index (χ3v) is 13.1. The number of amides is 1. The van der Waals surface area contributed by atoms with Crippen molar-refractivity contribution >= 4 is 37.9 Å². The number of para-hydroxylation sites is 1. The molecule has 5 aromatic rings. The molecule has 4 aliphatic rings. The Balaban J connectivity index is 1.10. The molecule has 10 nitrogen and oxygen atoms in total. The number of piperidine rings is 1. The van der Waals surface area contributed by atoms with Crippen molar-refractivity contribution in [1.82, 2.24) is 23.3 Å². The van der Waals surface area contributed by atoms with Crippen LogP contribution >= 0.6 is 0 Å². The minimum Gasteiger partial charge on any atom is -0.494 e. The number of carbonyl (C=O) groups is 1. The molecule has 2 aliphatic carbocycles. The predicted octanol–water partition coefficient (Wildman–Crippen LogP) is 4.96. The fourth-order valence-corrected chi connectivity index (χ4v) is 10.0. The molecule has 2 N–H and O–H groups in total. The van der Waals surface area contributed by atoms with Gasteiger partial charge in [0.2, 0.25) is 10.0 Å². The van der Waals surface area contributed by atoms with Crippen molar-refractivity contribution in [3.8, 4) is 17.3 Å². The maximum atomic E-state index is 13.8. The predicted molar refractivity (Wildman–Crippen MR) is 184 cm³/mol. The van der Waals surface area contributed by atoms with Gasteiger partial charge >= 0.3 is 0 Å². The molecule has 0 radical (unpaired) electrons. The van der Waals surface area contributed by atoms with Gasteiger partial charge in [-0.05, 0) is 73.4 Å². The van der Waals surface area contributed by atoms with Crippen molar-refractivity contribution in [2.24, 2.45) is 24.6 Å². The number of rotatable bonds is 8. The van der Waals surface area contributed by atoms with Crippen molar-refractivity contribution in [2.45, 2.75) is 55.1 Å². The fraction of sp³-hybridized carbons (Fsp3) is 0.405. The Labute approximate surface area is 280 Å². The first kappa shape index (κ1) is 29.9. The second kappa shape index (κ2) is 10.9. The number of imidazole rings is 1. The van der Waals surface area contributed by atoms with Gasteiger partial charge in [-0.2, -0.15) is 4.31 Å². The smallest absolute Gasteiger partial charge is 0.254 e. The lowest BCUT2D eigenvalue weighted by atomic mass is 9.92. The average Bonchev–Trinajstić information content (AvgIpc) is 3.46. The maximum absolute atomic E-state index is 13.8. The number of methoxy groups -OCH3 is 1. The van der Waals surface area contributed by atoms with Crippen LogP contribution in [0, 0.1) is 11.8 Å². The Hall–Kier alpha value is -4.19. The van der Waals surface area contributed by atoms with Crippen LogP contribution in [-0.4, -0.2) is 76.5 Å². The molecule has 4 fully saturated rings. The Morgan fingerprint density at radius 2 is 1.75 bits per heavy atom. The highest BCUT2D eigenvalue weighted by Crippen LogP contribution is 2.43. The standard InChI is InChI=1S/C37H40N6O4S/c1-40-35-29(15-25(17-32(35)47-2)37(44)43-21-24-13-14-30(43)33(24)38)39-36(40)31-16-23-7-6-10-28(34(23)42(31)18-22-11-12-22)26-19-41(20-26)48(45,46)27-8-4-3-5-9-27/h3-10,15-17,22,24,26,30,33H,11-14,18-21,38H2,1-2H3/t24-,30-,33-/m1/s1. The van der Waals surface area contributed by atoms with Crippen LogP contribution in [0.15, 0.2) is 71.6 Å². The molecule has 0 spiro atoms. The molecule has 2 saturated carbocycles. The second-order valence-corrected chi connectivity index (χ2v) is 16.1. The molecular formula is C37H40N6O4S. The van der Waals surface area contributed by atoms with E-state index >= 15 is 0 Å². The maximum Gasteiger partial charge on any atom is 0.254 e. The van der Waals surface area contributed by atoms with E-state index in [2.05, 4.69) is 33.4 Å². The topological polar surface area (TPSA) is 116 Å². The van der Waals surface area contributed by atoms with Gasteiger partial charge in [-0.15, -0.1) is 0 Å². The van der Waals surface area contributed by atoms with Gasteiger partial charge in [0.25, 0.3) is 5.91 Å². The minimum atomic E-state index is -3.53. The monoisotopic (exact) mass is 664 g/mol. The van der Waals surface area contributed by atoms with Gasteiger partial charge in [0.05, 0.1) is 28.7 Å². The molecule has 3 atom stereocenters. The van der Waals surface area contributed by atoms with Crippen molar-refractivity contribution < 1.29 is 17.9 Å². The largest absolute Gasteiger partial charge is 0.494 e. The summed E-state index contributed by atoms with van der Waals surface area (Å²) in [7, 11) is 0.111. The quantitative estimate of drug-likeness (QED) is 0.251. The van der Waals surface area contributed by atoms with E-state index in [4.69, 9.17) is 15.5 Å². The van der Waals surface area contributed by atoms with Crippen molar-refractivity contribution in [1.29, 1.82) is 0 Å². The number of carbonyl (C=O) groups excluding carboxylic acids is 1. The summed E-state index contributed by atoms with van der Waals surface area (Å²) in [5.74, 6) is 2.47. The molecule has 9 rings (SSSR count). The minimum absolute atomic E-state index is 0.0126. The first-order valence-electron chi connectivity index (χ1n) is 17.0. The third kappa shape index (κ3) is 4.54. The van der Waals surface area contributed by atoms with E-state index in [1.54, 1.807) is 35.7 Å². The molecule has 0 unspecified atom stereocenters. The zero-order valence-corrected chi connectivity index (χ0v) is 28.1. The Morgan fingerprint density at radius 3 is 2.44 bits per heavy atom. The number of hydrogen-bond donors (Lipinski definition) is 1. The summed E-state index contributed by atoms with van der Waals surface area (Å²) in [5.41, 5.74) is 11.9. The summed E-state index contributed by atoms with van der Waals surface area (Å²) in [6.45, 7) is 2.48. The number of aromatic nitrogens is 3. The fourth-order valence-electron chi connectivity index (χ4n) is 8.46. The summed E-state index contributed by atoms with van der Waals surface area (Å²) >= 11 is 0. The Kier molecular flexibility index (Phi) is 6.80. The number of nitrogens with two attached hydrogens (primary N) is 1. The third-order valence-electron chi connectivity index (χ3n) is 11.3. The second-order valence-electron chi connectivity index (χ2n) is 14.2. The van der Waals surface area contributed by atoms with E-state index in [-0.39, 0.29) is 23.9 Å². The molecule has 2 aromatic heterocycles. The molecule has 11 heteroatoms. The lowest BCUT2D eigenvalue weighted by molar-refractivity contribution is 0.0700. The normalized spacial score (nSPS) is 23.0. The Bertz CT molecular complexity index is 2200. The van der Waals surface area contributed by atoms with E-state index in [0.29, 0.717) is 53.2 Å². The first-order valence-corrected chi connectivity index (χ1v) is 18.5. The molecule has 1 amide bonds. The number of benzene rings is 3. The van der Waals surface area contributed by atoms with Gasteiger partial charge < -0.3 is 24.5 Å². The number of aryl methyl sites for hydroxylation is 1. The highest BCUT2D eigenvalue weighted by molar-refractivity contribution is 7.89. The number of sulfonamides is 1. The van der Waals surface area contributed by atoms with Crippen LogP contribution < -0.4 is 10.5 Å². The van der Waals surface area contributed by atoms with Crippen LogP contribution in [0.4, 0.5) is 0 Å². The van der Waals surface area contributed by atoms with Crippen LogP contribution in [-0.2, 0) is 23.6 Å². The average molecular weight is 665 g/mol. The SMILES string of the molecule is COc1cc(C(=O)N2C[C@H]3CC[C@@H]2[C@@H]3N)cc2nc(-c3cc4cccc(C5CN(S(=O)(=O)c6ccccc6)C5)c4n3CC3CC3)n(C)c12. The number of likely N-dealkylation sites (tertiary alicyclic amines) is 1. The van der Waals surface area contributed by atoms with E-state index in [1.807, 2.05) is 30.1 Å². The molecule has 248 valence electrons. The van der Waals surface area contributed by atoms with Gasteiger partial charge in [0, 0.05) is 62.2 Å². The van der Waals surface area contributed by atoms with E-state index < -0.39 is 10.0 Å². The van der Waals surface area contributed by atoms with Gasteiger partial charge in [-0.3, -0.25) is 4.79 Å². The van der Waals surface area contributed by atoms with Crippen LogP contribution in [0.2, 0.25) is 0 Å². The molecule has 2 aliphatic heterocycles. The lowest BCUT2D eigenvalue weighted by Gasteiger charge is -2.38. The van der Waals surface area contributed by atoms with Crippen molar-refractivity contribution in [3.63, 3.8) is 0 Å². The van der Waals surface area contributed by atoms with Gasteiger partial charge in [0.1, 0.15) is 11.3 Å². The van der Waals surface area contributed by atoms with Gasteiger partial charge in [-0.1, -0.05) is 36.4 Å². The highest BCUT2D eigenvalue weighted by atomic mass is 32.2. The van der Waals surface area contributed by atoms with Crippen LogP contribution in [0.5, 0.6) is 5.75 Å². The summed E-state index contributed by atoms with van der Waals surface area (Å²) in [4.78, 5) is 21.2. The molecular weight excluding hydrogens is 625 g/mol. The number of hydrogen-bond acceptors (Lipinski definition) is 6. The molecule has 4 heterocycles. The first-order chi connectivity index (χ1) is 23.2. The van der Waals surface area contributed by atoms with Gasteiger partial charge in [-0.25, -0.2) is 13.4 Å². The number of ether oxygens (including phenoxy) is 1. The number of fused-ring (bicyclic) bond motifs is 4. The zero-order valence-electron chi connectivity index (χ0n) is 27.2. The van der Waals surface area contributed by atoms with E-state index in [9.17, 15) is 13.2 Å². The molecule has 3 aromatic carbocycles. The number of nitrogens with zero attached hydrogens (tertiary/aromatic N) is 5. The van der Waals surface area contributed by atoms with E-state index in [0.717, 1.165) is 47.3 Å². The summed E-state index contributed by atoms with van der Waals surface area (Å²) < 4.78 is 38.5. The summed E-state index contributed by atoms with van der Waals surface area (Å²) in [5, 5.41) is 1.11. The van der Waals surface area contributed by atoms with Crippen molar-refractivity contribution in [2.75, 3.05) is 26.7 Å². The lowest BCUT2D eigenvalue weighted by Crippen LogP contribution is -2.48. The van der Waals surface area contributed by atoms with Crippen LogP contribution in [0.3, 0.4) is 0 Å². The summed E-state index contributed by atoms with van der Waals surface area (Å²) in [6, 6.07) is 21.1. The zero-order chi connectivity index (χ0) is 32.9. The summed E-state index contributed by atoms with van der Waals surface area (Å²) in [6.07, 6.45) is 4.43. The molecule has 2 bridgehead atoms. The van der Waals surface area contributed by atoms with E-state index in [1.165, 1.54) is 18.4 Å². The van der Waals surface area contributed by atoms with Crippen LogP contribution in [0.1, 0.15) is 47.5 Å². The molecule has 48 heavy (non-hydrogen) atoms. The van der Waals surface area contributed by atoms with Gasteiger partial charge in [0.15, 0.2) is 5.82 Å². The Morgan fingerprint density at radius 1 is 0.958 bits per heavy atom. The van der Waals surface area contributed by atoms with Crippen molar-refractivity contribution in [3.05, 3.63) is 77.9 Å².